The lowest BCUT2D eigenvalue weighted by Crippen LogP contribution is -2.42. The van der Waals surface area contributed by atoms with E-state index in [9.17, 15) is 18.0 Å². The molecule has 2 amide bonds. The molecule has 1 fully saturated rings. The quantitative estimate of drug-likeness (QED) is 0.878. The first-order valence-corrected chi connectivity index (χ1v) is 8.63. The minimum atomic E-state index is -4.22. The number of nitrogens with one attached hydrogen (secondary N) is 1. The number of amides is 2. The van der Waals surface area contributed by atoms with Gasteiger partial charge in [0.2, 0.25) is 0 Å². The molecule has 1 aliphatic rings. The second-order valence-electron chi connectivity index (χ2n) is 6.24. The topological polar surface area (TPSA) is 52.9 Å². The molecule has 10 heteroatoms. The third-order valence-corrected chi connectivity index (χ3v) is 4.39. The van der Waals surface area contributed by atoms with E-state index in [-0.39, 0.29) is 25.7 Å². The lowest BCUT2D eigenvalue weighted by Gasteiger charge is -2.22. The highest BCUT2D eigenvalue weighted by Gasteiger charge is 2.31. The number of urea groups is 1. The second-order valence-corrected chi connectivity index (χ2v) is 6.67. The minimum Gasteiger partial charge on any atom is -0.332 e. The van der Waals surface area contributed by atoms with Gasteiger partial charge in [0.1, 0.15) is 5.65 Å². The number of fused-ring (bicyclic) bond motifs is 1. The SMILES string of the molecule is O=C(NCc1cn2cc(Cl)ccc2n1)N1CCCN(CC(F)(F)F)CC1. The van der Waals surface area contributed by atoms with E-state index in [2.05, 4.69) is 10.3 Å². The Balaban J connectivity index is 1.52. The number of alkyl halides is 3. The Morgan fingerprint density at radius 2 is 2.00 bits per heavy atom. The molecule has 1 N–H and O–H groups in total. The van der Waals surface area contributed by atoms with Crippen LogP contribution in [-0.2, 0) is 6.54 Å². The van der Waals surface area contributed by atoms with Gasteiger partial charge in [0.05, 0.1) is 23.8 Å². The van der Waals surface area contributed by atoms with Crippen molar-refractivity contribution in [2.24, 2.45) is 0 Å². The van der Waals surface area contributed by atoms with Crippen LogP contribution >= 0.6 is 11.6 Å². The molecule has 142 valence electrons. The normalized spacial score (nSPS) is 16.7. The minimum absolute atomic E-state index is 0.208. The number of halogens is 4. The maximum absolute atomic E-state index is 12.5. The van der Waals surface area contributed by atoms with E-state index in [4.69, 9.17) is 11.6 Å². The van der Waals surface area contributed by atoms with Gasteiger partial charge in [-0.1, -0.05) is 11.6 Å². The third kappa shape index (κ3) is 5.01. The number of nitrogens with zero attached hydrogens (tertiary/aromatic N) is 4. The molecule has 0 saturated carbocycles. The average Bonchev–Trinajstić information content (AvgIpc) is 2.81. The van der Waals surface area contributed by atoms with Crippen molar-refractivity contribution < 1.29 is 18.0 Å². The number of carbonyl (C=O) groups is 1. The number of aromatic nitrogens is 2. The molecule has 0 aromatic carbocycles. The molecular formula is C16H19ClF3N5O. The van der Waals surface area contributed by atoms with Crippen LogP contribution in [-0.4, -0.2) is 64.1 Å². The number of hydrogen-bond acceptors (Lipinski definition) is 3. The summed E-state index contributed by atoms with van der Waals surface area (Å²) in [6.07, 6.45) is -0.214. The Morgan fingerprint density at radius 1 is 1.19 bits per heavy atom. The molecule has 0 aliphatic carbocycles. The standard InChI is InChI=1S/C16H19ClF3N5O/c17-12-2-3-14-22-13(10-25(14)9-12)8-21-15(26)24-5-1-4-23(6-7-24)11-16(18,19)20/h2-3,9-10H,1,4-8,11H2,(H,21,26). The predicted octanol–water partition coefficient (Wildman–Crippen LogP) is 2.77. The molecule has 3 rings (SSSR count). The molecule has 1 saturated heterocycles. The first-order chi connectivity index (χ1) is 12.3. The van der Waals surface area contributed by atoms with Crippen LogP contribution in [0.15, 0.2) is 24.5 Å². The maximum atomic E-state index is 12.5. The van der Waals surface area contributed by atoms with Crippen LogP contribution in [0.2, 0.25) is 5.02 Å². The molecule has 0 radical (unpaired) electrons. The zero-order chi connectivity index (χ0) is 18.7. The first-order valence-electron chi connectivity index (χ1n) is 8.25. The van der Waals surface area contributed by atoms with Crippen LogP contribution in [0.1, 0.15) is 12.1 Å². The van der Waals surface area contributed by atoms with Crippen molar-refractivity contribution in [3.63, 3.8) is 0 Å². The molecule has 2 aromatic heterocycles. The monoisotopic (exact) mass is 389 g/mol. The van der Waals surface area contributed by atoms with Gasteiger partial charge in [-0.2, -0.15) is 13.2 Å². The summed E-state index contributed by atoms with van der Waals surface area (Å²) in [5.74, 6) is 0. The number of pyridine rings is 1. The van der Waals surface area contributed by atoms with Crippen molar-refractivity contribution in [1.29, 1.82) is 0 Å². The highest BCUT2D eigenvalue weighted by atomic mass is 35.5. The van der Waals surface area contributed by atoms with E-state index in [0.717, 1.165) is 5.65 Å². The van der Waals surface area contributed by atoms with Gasteiger partial charge in [0, 0.05) is 38.6 Å². The Kier molecular flexibility index (Phi) is 5.57. The van der Waals surface area contributed by atoms with Crippen molar-refractivity contribution >= 4 is 23.3 Å². The summed E-state index contributed by atoms with van der Waals surface area (Å²) in [5.41, 5.74) is 1.39. The number of carbonyl (C=O) groups excluding carboxylic acids is 1. The molecule has 3 heterocycles. The lowest BCUT2D eigenvalue weighted by molar-refractivity contribution is -0.145. The van der Waals surface area contributed by atoms with Gasteiger partial charge >= 0.3 is 12.2 Å². The fourth-order valence-electron chi connectivity index (χ4n) is 2.97. The largest absolute Gasteiger partial charge is 0.401 e. The molecule has 1 aliphatic heterocycles. The Labute approximate surface area is 153 Å². The molecule has 0 atom stereocenters. The van der Waals surface area contributed by atoms with Gasteiger partial charge in [0.15, 0.2) is 0 Å². The Bertz CT molecular complexity index is 779. The van der Waals surface area contributed by atoms with E-state index in [1.807, 2.05) is 0 Å². The van der Waals surface area contributed by atoms with E-state index in [0.29, 0.717) is 30.2 Å². The maximum Gasteiger partial charge on any atom is 0.401 e. The summed E-state index contributed by atoms with van der Waals surface area (Å²) in [5, 5.41) is 3.35. The summed E-state index contributed by atoms with van der Waals surface area (Å²) in [6.45, 7) is 0.535. The molecule has 0 bridgehead atoms. The Hall–Kier alpha value is -2.00. The summed E-state index contributed by atoms with van der Waals surface area (Å²) >= 11 is 5.92. The van der Waals surface area contributed by atoms with Crippen LogP contribution in [0, 0.1) is 0 Å². The van der Waals surface area contributed by atoms with Crippen LogP contribution < -0.4 is 5.32 Å². The highest BCUT2D eigenvalue weighted by molar-refractivity contribution is 6.30. The fourth-order valence-corrected chi connectivity index (χ4v) is 3.13. The molecule has 0 unspecified atom stereocenters. The van der Waals surface area contributed by atoms with Crippen molar-refractivity contribution in [3.8, 4) is 0 Å². The van der Waals surface area contributed by atoms with E-state index < -0.39 is 12.7 Å². The third-order valence-electron chi connectivity index (χ3n) is 4.16. The van der Waals surface area contributed by atoms with Crippen molar-refractivity contribution in [3.05, 3.63) is 35.2 Å². The van der Waals surface area contributed by atoms with E-state index in [1.165, 1.54) is 4.90 Å². The summed E-state index contributed by atoms with van der Waals surface area (Å²) in [4.78, 5) is 19.6. The van der Waals surface area contributed by atoms with Crippen molar-refractivity contribution in [2.75, 3.05) is 32.7 Å². The number of imidazole rings is 1. The number of rotatable bonds is 3. The first kappa shape index (κ1) is 18.8. The lowest BCUT2D eigenvalue weighted by atomic mass is 10.4. The molecule has 2 aromatic rings. The molecule has 26 heavy (non-hydrogen) atoms. The average molecular weight is 390 g/mol. The zero-order valence-electron chi connectivity index (χ0n) is 14.0. The van der Waals surface area contributed by atoms with Gasteiger partial charge in [-0.3, -0.25) is 4.90 Å². The highest BCUT2D eigenvalue weighted by Crippen LogP contribution is 2.17. The molecular weight excluding hydrogens is 371 g/mol. The summed E-state index contributed by atoms with van der Waals surface area (Å²) in [7, 11) is 0. The van der Waals surface area contributed by atoms with Crippen molar-refractivity contribution in [1.82, 2.24) is 24.5 Å². The van der Waals surface area contributed by atoms with Gasteiger partial charge in [-0.25, -0.2) is 9.78 Å². The molecule has 6 nitrogen and oxygen atoms in total. The predicted molar refractivity (Wildman–Crippen MR) is 91.1 cm³/mol. The van der Waals surface area contributed by atoms with Gasteiger partial charge in [0.25, 0.3) is 0 Å². The summed E-state index contributed by atoms with van der Waals surface area (Å²) in [6, 6.07) is 3.21. The van der Waals surface area contributed by atoms with Gasteiger partial charge in [-0.05, 0) is 18.6 Å². The zero-order valence-corrected chi connectivity index (χ0v) is 14.7. The van der Waals surface area contributed by atoms with Crippen LogP contribution in [0.3, 0.4) is 0 Å². The van der Waals surface area contributed by atoms with Crippen LogP contribution in [0.4, 0.5) is 18.0 Å². The van der Waals surface area contributed by atoms with Gasteiger partial charge in [-0.15, -0.1) is 0 Å². The number of hydrogen-bond donors (Lipinski definition) is 1. The smallest absolute Gasteiger partial charge is 0.332 e. The second kappa shape index (κ2) is 7.71. The van der Waals surface area contributed by atoms with Crippen LogP contribution in [0.25, 0.3) is 5.65 Å². The Morgan fingerprint density at radius 3 is 2.77 bits per heavy atom. The molecule has 0 spiro atoms. The van der Waals surface area contributed by atoms with E-state index >= 15 is 0 Å². The van der Waals surface area contributed by atoms with Crippen molar-refractivity contribution in [2.45, 2.75) is 19.1 Å². The van der Waals surface area contributed by atoms with Gasteiger partial charge < -0.3 is 14.6 Å². The van der Waals surface area contributed by atoms with Crippen LogP contribution in [0.5, 0.6) is 0 Å². The summed E-state index contributed by atoms with van der Waals surface area (Å²) < 4.78 is 39.3. The van der Waals surface area contributed by atoms with E-state index in [1.54, 1.807) is 33.8 Å². The fraction of sp³-hybridized carbons (Fsp3) is 0.500.